The molecule has 0 aromatic heterocycles. The topological polar surface area (TPSA) is 72.9 Å². The van der Waals surface area contributed by atoms with Crippen LogP contribution >= 0.6 is 50.9 Å². The van der Waals surface area contributed by atoms with Crippen molar-refractivity contribution >= 4 is 74.1 Å². The van der Waals surface area contributed by atoms with Crippen molar-refractivity contribution in [1.29, 1.82) is 0 Å². The predicted molar refractivity (Wildman–Crippen MR) is 140 cm³/mol. The van der Waals surface area contributed by atoms with Crippen LogP contribution in [0.3, 0.4) is 0 Å². The SMILES string of the molecule is COc1cc(/C=C2\SC(=O)N(Cc3ccccc3Br)C2=O)cc(Cl)c1OC(=O)c1ccccc1Cl. The molecule has 2 amide bonds. The van der Waals surface area contributed by atoms with Crippen LogP contribution < -0.4 is 9.47 Å². The Morgan fingerprint density at radius 2 is 1.77 bits per heavy atom. The first-order valence-corrected chi connectivity index (χ1v) is 12.5. The molecule has 3 aromatic rings. The highest BCUT2D eigenvalue weighted by Crippen LogP contribution is 2.40. The van der Waals surface area contributed by atoms with E-state index in [9.17, 15) is 14.4 Å². The standard InChI is InChI=1S/C25H16BrCl2NO5S/c1-33-20-11-14(10-19(28)22(20)34-24(31)16-7-3-5-9-18(16)27)12-21-23(30)29(25(32)35-21)13-15-6-2-4-8-17(15)26/h2-12H,13H2,1H3/b21-12-. The minimum absolute atomic E-state index is 0.0123. The van der Waals surface area contributed by atoms with Gasteiger partial charge in [0, 0.05) is 4.47 Å². The number of amides is 2. The Kier molecular flexibility index (Phi) is 7.86. The molecule has 1 saturated heterocycles. The van der Waals surface area contributed by atoms with Gasteiger partial charge in [-0.2, -0.15) is 0 Å². The maximum absolute atomic E-state index is 12.9. The fourth-order valence-electron chi connectivity index (χ4n) is 3.28. The third kappa shape index (κ3) is 5.56. The van der Waals surface area contributed by atoms with Crippen molar-refractivity contribution in [3.8, 4) is 11.5 Å². The van der Waals surface area contributed by atoms with Crippen molar-refractivity contribution in [3.05, 3.63) is 96.8 Å². The van der Waals surface area contributed by atoms with Gasteiger partial charge in [0.15, 0.2) is 11.5 Å². The fourth-order valence-corrected chi connectivity index (χ4v) is 5.00. The average Bonchev–Trinajstić information content (AvgIpc) is 3.09. The number of nitrogens with zero attached hydrogens (tertiary/aromatic N) is 1. The Balaban J connectivity index is 1.58. The number of rotatable bonds is 6. The third-order valence-electron chi connectivity index (χ3n) is 5.00. The molecule has 0 saturated carbocycles. The van der Waals surface area contributed by atoms with Crippen molar-refractivity contribution in [1.82, 2.24) is 4.90 Å². The molecule has 1 fully saturated rings. The van der Waals surface area contributed by atoms with Crippen LogP contribution in [0.2, 0.25) is 10.0 Å². The van der Waals surface area contributed by atoms with Gasteiger partial charge in [0.2, 0.25) is 0 Å². The van der Waals surface area contributed by atoms with Gasteiger partial charge in [-0.05, 0) is 59.3 Å². The highest BCUT2D eigenvalue weighted by Gasteiger charge is 2.35. The number of carbonyl (C=O) groups is 3. The van der Waals surface area contributed by atoms with Gasteiger partial charge in [0.05, 0.1) is 34.2 Å². The molecule has 3 aromatic carbocycles. The molecule has 0 N–H and O–H groups in total. The highest BCUT2D eigenvalue weighted by molar-refractivity contribution is 9.10. The summed E-state index contributed by atoms with van der Waals surface area (Å²) in [7, 11) is 1.40. The number of ether oxygens (including phenoxy) is 2. The van der Waals surface area contributed by atoms with Gasteiger partial charge in [-0.1, -0.05) is 69.5 Å². The van der Waals surface area contributed by atoms with Gasteiger partial charge in [-0.25, -0.2) is 4.79 Å². The van der Waals surface area contributed by atoms with E-state index in [-0.39, 0.29) is 43.8 Å². The lowest BCUT2D eigenvalue weighted by molar-refractivity contribution is -0.123. The van der Waals surface area contributed by atoms with Crippen LogP contribution in [-0.4, -0.2) is 29.1 Å². The quantitative estimate of drug-likeness (QED) is 0.171. The summed E-state index contributed by atoms with van der Waals surface area (Å²) in [5.74, 6) is -0.924. The van der Waals surface area contributed by atoms with E-state index in [0.29, 0.717) is 5.56 Å². The molecule has 0 bridgehead atoms. The summed E-state index contributed by atoms with van der Waals surface area (Å²) >= 11 is 16.7. The second kappa shape index (κ2) is 10.9. The summed E-state index contributed by atoms with van der Waals surface area (Å²) in [6.45, 7) is 0.143. The number of halogens is 3. The molecule has 6 nitrogen and oxygen atoms in total. The van der Waals surface area contributed by atoms with Gasteiger partial charge >= 0.3 is 5.97 Å². The van der Waals surface area contributed by atoms with Crippen molar-refractivity contribution in [3.63, 3.8) is 0 Å². The fraction of sp³-hybridized carbons (Fsp3) is 0.0800. The molecular weight excluding hydrogens is 577 g/mol. The smallest absolute Gasteiger partial charge is 0.345 e. The highest BCUT2D eigenvalue weighted by atomic mass is 79.9. The number of methoxy groups -OCH3 is 1. The van der Waals surface area contributed by atoms with Crippen LogP contribution in [0, 0.1) is 0 Å². The first-order chi connectivity index (χ1) is 16.8. The zero-order chi connectivity index (χ0) is 25.1. The molecule has 10 heteroatoms. The monoisotopic (exact) mass is 591 g/mol. The molecular formula is C25H16BrCl2NO5S. The molecule has 0 unspecified atom stereocenters. The number of hydrogen-bond donors (Lipinski definition) is 0. The van der Waals surface area contributed by atoms with Crippen molar-refractivity contribution in [2.75, 3.05) is 7.11 Å². The van der Waals surface area contributed by atoms with Crippen LogP contribution in [0.4, 0.5) is 4.79 Å². The molecule has 0 radical (unpaired) electrons. The van der Waals surface area contributed by atoms with Crippen molar-refractivity contribution in [2.45, 2.75) is 6.54 Å². The Labute approximate surface area is 223 Å². The molecule has 178 valence electrons. The number of carbonyl (C=O) groups excluding carboxylic acids is 3. The summed E-state index contributed by atoms with van der Waals surface area (Å²) in [4.78, 5) is 39.4. The second-order valence-electron chi connectivity index (χ2n) is 7.26. The van der Waals surface area contributed by atoms with E-state index >= 15 is 0 Å². The number of benzene rings is 3. The van der Waals surface area contributed by atoms with Crippen LogP contribution in [0.15, 0.2) is 70.0 Å². The zero-order valence-electron chi connectivity index (χ0n) is 18.1. The minimum Gasteiger partial charge on any atom is -0.493 e. The number of imide groups is 1. The van der Waals surface area contributed by atoms with E-state index in [2.05, 4.69) is 15.9 Å². The van der Waals surface area contributed by atoms with Gasteiger partial charge < -0.3 is 9.47 Å². The largest absolute Gasteiger partial charge is 0.493 e. The number of hydrogen-bond acceptors (Lipinski definition) is 6. The second-order valence-corrected chi connectivity index (χ2v) is 9.92. The average molecular weight is 593 g/mol. The predicted octanol–water partition coefficient (Wildman–Crippen LogP) is 7.22. The van der Waals surface area contributed by atoms with E-state index in [1.807, 2.05) is 24.3 Å². The molecule has 0 aliphatic carbocycles. The Morgan fingerprint density at radius 1 is 1.06 bits per heavy atom. The van der Waals surface area contributed by atoms with Gasteiger partial charge in [0.25, 0.3) is 11.1 Å². The molecule has 4 rings (SSSR count). The van der Waals surface area contributed by atoms with E-state index in [0.717, 1.165) is 21.8 Å². The number of thioether (sulfide) groups is 1. The first kappa shape index (κ1) is 25.3. The summed E-state index contributed by atoms with van der Waals surface area (Å²) < 4.78 is 11.6. The van der Waals surface area contributed by atoms with Crippen molar-refractivity contribution in [2.24, 2.45) is 0 Å². The van der Waals surface area contributed by atoms with Crippen LogP contribution in [0.25, 0.3) is 6.08 Å². The molecule has 0 atom stereocenters. The van der Waals surface area contributed by atoms with E-state index < -0.39 is 11.9 Å². The molecule has 1 heterocycles. The van der Waals surface area contributed by atoms with Crippen LogP contribution in [0.5, 0.6) is 11.5 Å². The summed E-state index contributed by atoms with van der Waals surface area (Å²) in [5.41, 5.74) is 1.48. The summed E-state index contributed by atoms with van der Waals surface area (Å²) in [6, 6.07) is 16.9. The molecule has 0 spiro atoms. The normalized spacial score (nSPS) is 14.5. The maximum atomic E-state index is 12.9. The van der Waals surface area contributed by atoms with Crippen molar-refractivity contribution < 1.29 is 23.9 Å². The Morgan fingerprint density at radius 3 is 2.49 bits per heavy atom. The Bertz CT molecular complexity index is 1380. The van der Waals surface area contributed by atoms with Crippen LogP contribution in [-0.2, 0) is 11.3 Å². The van der Waals surface area contributed by atoms with Gasteiger partial charge in [-0.3, -0.25) is 14.5 Å². The lowest BCUT2D eigenvalue weighted by Crippen LogP contribution is -2.27. The van der Waals surface area contributed by atoms with Gasteiger partial charge in [0.1, 0.15) is 0 Å². The molecule has 35 heavy (non-hydrogen) atoms. The van der Waals surface area contributed by atoms with E-state index in [1.54, 1.807) is 30.3 Å². The summed E-state index contributed by atoms with van der Waals surface area (Å²) in [6.07, 6.45) is 1.54. The first-order valence-electron chi connectivity index (χ1n) is 10.1. The number of esters is 1. The Hall–Kier alpha value is -2.78. The minimum atomic E-state index is -0.697. The van der Waals surface area contributed by atoms with Crippen LogP contribution in [0.1, 0.15) is 21.5 Å². The van der Waals surface area contributed by atoms with E-state index in [4.69, 9.17) is 32.7 Å². The zero-order valence-corrected chi connectivity index (χ0v) is 22.0. The lowest BCUT2D eigenvalue weighted by atomic mass is 10.1. The lowest BCUT2D eigenvalue weighted by Gasteiger charge is -2.14. The molecule has 1 aliphatic heterocycles. The maximum Gasteiger partial charge on any atom is 0.345 e. The van der Waals surface area contributed by atoms with Gasteiger partial charge in [-0.15, -0.1) is 0 Å². The summed E-state index contributed by atoms with van der Waals surface area (Å²) in [5, 5.41) is -0.0497. The third-order valence-corrected chi connectivity index (χ3v) is 7.29. The molecule has 1 aliphatic rings. The van der Waals surface area contributed by atoms with E-state index in [1.165, 1.54) is 24.1 Å².